The van der Waals surface area contributed by atoms with Crippen molar-refractivity contribution in [3.63, 3.8) is 0 Å². The molecule has 1 aromatic heterocycles. The van der Waals surface area contributed by atoms with Gasteiger partial charge >= 0.3 is 6.18 Å². The number of hydrogen-bond donors (Lipinski definition) is 0. The highest BCUT2D eigenvalue weighted by molar-refractivity contribution is 6.29. The van der Waals surface area contributed by atoms with Crippen LogP contribution in [-0.2, 0) is 6.18 Å². The number of pyridine rings is 1. The second-order valence-corrected chi connectivity index (χ2v) is 5.11. The number of hydrogen-bond acceptors (Lipinski definition) is 2. The third-order valence-electron chi connectivity index (χ3n) is 3.04. The van der Waals surface area contributed by atoms with Crippen LogP contribution < -0.4 is 4.74 Å². The Morgan fingerprint density at radius 3 is 2.33 bits per heavy atom. The Bertz CT molecular complexity index is 683. The van der Waals surface area contributed by atoms with Gasteiger partial charge in [0.05, 0.1) is 18.4 Å². The molecule has 0 fully saturated rings. The van der Waals surface area contributed by atoms with E-state index < -0.39 is 11.7 Å². The van der Waals surface area contributed by atoms with Gasteiger partial charge in [-0.2, -0.15) is 13.2 Å². The molecule has 2 rings (SSSR count). The lowest BCUT2D eigenvalue weighted by molar-refractivity contribution is -0.137. The van der Waals surface area contributed by atoms with E-state index in [1.807, 2.05) is 13.0 Å². The lowest BCUT2D eigenvalue weighted by atomic mass is 10.00. The number of halogens is 4. The van der Waals surface area contributed by atoms with Crippen LogP contribution in [0.25, 0.3) is 11.3 Å². The summed E-state index contributed by atoms with van der Waals surface area (Å²) in [4.78, 5) is 4.00. The summed E-state index contributed by atoms with van der Waals surface area (Å²) in [6.45, 7) is 3.67. The monoisotopic (exact) mass is 315 g/mol. The van der Waals surface area contributed by atoms with Gasteiger partial charge in [-0.05, 0) is 43.2 Å². The fraction of sp³-hybridized carbons (Fsp3) is 0.267. The highest BCUT2D eigenvalue weighted by atomic mass is 35.5. The molecule has 0 atom stereocenters. The fourth-order valence-electron chi connectivity index (χ4n) is 2.21. The molecule has 6 heteroatoms. The molecule has 0 aliphatic carbocycles. The van der Waals surface area contributed by atoms with E-state index in [4.69, 9.17) is 16.3 Å². The minimum Gasteiger partial charge on any atom is -0.496 e. The maximum atomic E-state index is 12.9. The first kappa shape index (κ1) is 15.6. The Morgan fingerprint density at radius 1 is 1.10 bits per heavy atom. The van der Waals surface area contributed by atoms with Crippen LogP contribution in [0.4, 0.5) is 13.2 Å². The van der Waals surface area contributed by atoms with Crippen LogP contribution in [0.3, 0.4) is 0 Å². The largest absolute Gasteiger partial charge is 0.496 e. The molecule has 0 N–H and O–H groups in total. The van der Waals surface area contributed by atoms with Gasteiger partial charge in [0.25, 0.3) is 0 Å². The van der Waals surface area contributed by atoms with Crippen molar-refractivity contribution in [3.05, 3.63) is 46.1 Å². The Kier molecular flexibility index (Phi) is 4.14. The fourth-order valence-corrected chi connectivity index (χ4v) is 2.42. The van der Waals surface area contributed by atoms with E-state index in [-0.39, 0.29) is 10.8 Å². The van der Waals surface area contributed by atoms with E-state index in [1.54, 1.807) is 13.0 Å². The Morgan fingerprint density at radius 2 is 1.76 bits per heavy atom. The number of aryl methyl sites for hydroxylation is 2. The smallest absolute Gasteiger partial charge is 0.416 e. The van der Waals surface area contributed by atoms with Crippen LogP contribution in [0, 0.1) is 13.8 Å². The van der Waals surface area contributed by atoms with Crippen LogP contribution >= 0.6 is 11.6 Å². The molecular formula is C15H13ClF3NO. The first-order valence-corrected chi connectivity index (χ1v) is 6.50. The maximum Gasteiger partial charge on any atom is 0.416 e. The zero-order valence-corrected chi connectivity index (χ0v) is 12.4. The molecule has 0 spiro atoms. The van der Waals surface area contributed by atoms with E-state index in [0.717, 1.165) is 23.3 Å². The average molecular weight is 316 g/mol. The van der Waals surface area contributed by atoms with Gasteiger partial charge in [0, 0.05) is 5.56 Å². The summed E-state index contributed by atoms with van der Waals surface area (Å²) in [7, 11) is 1.47. The summed E-state index contributed by atoms with van der Waals surface area (Å²) < 4.78 is 43.9. The number of ether oxygens (including phenoxy) is 1. The average Bonchev–Trinajstić information content (AvgIpc) is 2.35. The van der Waals surface area contributed by atoms with Crippen LogP contribution in [0.15, 0.2) is 24.3 Å². The zero-order chi connectivity index (χ0) is 15.8. The Labute approximate surface area is 125 Å². The van der Waals surface area contributed by atoms with Gasteiger partial charge in [-0.1, -0.05) is 17.7 Å². The normalized spacial score (nSPS) is 11.6. The van der Waals surface area contributed by atoms with Gasteiger partial charge in [-0.3, -0.25) is 0 Å². The van der Waals surface area contributed by atoms with Crippen molar-refractivity contribution in [2.75, 3.05) is 7.11 Å². The summed E-state index contributed by atoms with van der Waals surface area (Å²) >= 11 is 5.73. The second-order valence-electron chi connectivity index (χ2n) is 4.72. The standard InChI is InChI=1S/C15H13ClF3NO/c1-8-4-9(2)14(12(5-8)21-3)11-6-10(15(17,18)19)7-13(16)20-11/h4-7H,1-3H3. The lowest BCUT2D eigenvalue weighted by Crippen LogP contribution is -2.06. The number of methoxy groups -OCH3 is 1. The first-order chi connectivity index (χ1) is 9.72. The molecule has 0 unspecified atom stereocenters. The molecule has 112 valence electrons. The van der Waals surface area contributed by atoms with Gasteiger partial charge in [0.1, 0.15) is 10.9 Å². The van der Waals surface area contributed by atoms with Crippen molar-refractivity contribution in [3.8, 4) is 17.0 Å². The minimum atomic E-state index is -4.48. The second kappa shape index (κ2) is 5.56. The van der Waals surface area contributed by atoms with E-state index in [9.17, 15) is 13.2 Å². The summed E-state index contributed by atoms with van der Waals surface area (Å²) in [6, 6.07) is 5.39. The predicted octanol–water partition coefficient (Wildman–Crippen LogP) is 5.05. The molecule has 0 aliphatic rings. The third-order valence-corrected chi connectivity index (χ3v) is 3.23. The molecule has 0 saturated heterocycles. The topological polar surface area (TPSA) is 22.1 Å². The van der Waals surface area contributed by atoms with Crippen molar-refractivity contribution in [1.29, 1.82) is 0 Å². The van der Waals surface area contributed by atoms with Crippen LogP contribution in [0.2, 0.25) is 5.15 Å². The lowest BCUT2D eigenvalue weighted by Gasteiger charge is -2.14. The summed E-state index contributed by atoms with van der Waals surface area (Å²) in [5.74, 6) is 0.468. The third kappa shape index (κ3) is 3.29. The SMILES string of the molecule is COc1cc(C)cc(C)c1-c1cc(C(F)(F)F)cc(Cl)n1. The van der Waals surface area contributed by atoms with E-state index in [0.29, 0.717) is 11.3 Å². The summed E-state index contributed by atoms with van der Waals surface area (Å²) in [6.07, 6.45) is -4.48. The first-order valence-electron chi connectivity index (χ1n) is 6.12. The van der Waals surface area contributed by atoms with Crippen LogP contribution in [0.1, 0.15) is 16.7 Å². The molecule has 0 bridgehead atoms. The van der Waals surface area contributed by atoms with Crippen LogP contribution in [-0.4, -0.2) is 12.1 Å². The molecule has 0 saturated carbocycles. The van der Waals surface area contributed by atoms with E-state index in [2.05, 4.69) is 4.98 Å². The molecular weight excluding hydrogens is 303 g/mol. The van der Waals surface area contributed by atoms with E-state index >= 15 is 0 Å². The Hall–Kier alpha value is -1.75. The summed E-state index contributed by atoms with van der Waals surface area (Å²) in [5, 5.41) is -0.207. The van der Waals surface area contributed by atoms with Gasteiger partial charge < -0.3 is 4.74 Å². The number of nitrogens with zero attached hydrogens (tertiary/aromatic N) is 1. The summed E-state index contributed by atoms with van der Waals surface area (Å²) in [5.41, 5.74) is 1.54. The van der Waals surface area contributed by atoms with E-state index in [1.165, 1.54) is 7.11 Å². The van der Waals surface area contributed by atoms with Gasteiger partial charge in [-0.15, -0.1) is 0 Å². The molecule has 2 aromatic rings. The van der Waals surface area contributed by atoms with Crippen molar-refractivity contribution in [2.45, 2.75) is 20.0 Å². The van der Waals surface area contributed by atoms with Gasteiger partial charge in [-0.25, -0.2) is 4.98 Å². The molecule has 0 aliphatic heterocycles. The molecule has 1 aromatic carbocycles. The highest BCUT2D eigenvalue weighted by Gasteiger charge is 2.32. The van der Waals surface area contributed by atoms with Crippen molar-refractivity contribution in [1.82, 2.24) is 4.98 Å². The number of benzene rings is 1. The highest BCUT2D eigenvalue weighted by Crippen LogP contribution is 2.37. The van der Waals surface area contributed by atoms with Crippen LogP contribution in [0.5, 0.6) is 5.75 Å². The zero-order valence-electron chi connectivity index (χ0n) is 11.7. The molecule has 21 heavy (non-hydrogen) atoms. The maximum absolute atomic E-state index is 12.9. The molecule has 2 nitrogen and oxygen atoms in total. The van der Waals surface area contributed by atoms with Crippen molar-refractivity contribution in [2.24, 2.45) is 0 Å². The quantitative estimate of drug-likeness (QED) is 0.724. The van der Waals surface area contributed by atoms with Crippen molar-refractivity contribution < 1.29 is 17.9 Å². The molecule has 1 heterocycles. The predicted molar refractivity (Wildman–Crippen MR) is 75.7 cm³/mol. The van der Waals surface area contributed by atoms with Gasteiger partial charge in [0.2, 0.25) is 0 Å². The van der Waals surface area contributed by atoms with Gasteiger partial charge in [0.15, 0.2) is 0 Å². The Balaban J connectivity index is 2.70. The van der Waals surface area contributed by atoms with Crippen molar-refractivity contribution >= 4 is 11.6 Å². The minimum absolute atomic E-state index is 0.143. The number of aromatic nitrogens is 1. The molecule has 0 amide bonds. The number of rotatable bonds is 2. The molecule has 0 radical (unpaired) electrons. The number of alkyl halides is 3.